The van der Waals surface area contributed by atoms with Gasteiger partial charge in [0.1, 0.15) is 22.8 Å². The Labute approximate surface area is 188 Å². The van der Waals surface area contributed by atoms with Crippen LogP contribution in [0.1, 0.15) is 74.4 Å². The smallest absolute Gasteiger partial charge is 0.339 e. The molecule has 4 aliphatic carbocycles. The zero-order chi connectivity index (χ0) is 23.1. The molecule has 31 heavy (non-hydrogen) atoms. The van der Waals surface area contributed by atoms with Gasteiger partial charge in [0.2, 0.25) is 0 Å². The fourth-order valence-corrected chi connectivity index (χ4v) is 6.46. The van der Waals surface area contributed by atoms with Gasteiger partial charge in [-0.2, -0.15) is 0 Å². The second-order valence-corrected chi connectivity index (χ2v) is 12.8. The lowest BCUT2D eigenvalue weighted by Crippen LogP contribution is -2.45. The zero-order valence-electron chi connectivity index (χ0n) is 20.0. The van der Waals surface area contributed by atoms with Gasteiger partial charge in [0.05, 0.1) is 7.11 Å². The molecular formula is C25H37O5Si. The highest BCUT2D eigenvalue weighted by Gasteiger charge is 2.47. The summed E-state index contributed by atoms with van der Waals surface area (Å²) in [6.45, 7) is 11.9. The van der Waals surface area contributed by atoms with Crippen LogP contribution in [0.25, 0.3) is 0 Å². The van der Waals surface area contributed by atoms with Crippen LogP contribution in [0.4, 0.5) is 0 Å². The molecule has 1 aromatic carbocycles. The molecule has 5 nitrogen and oxygen atoms in total. The third-order valence-corrected chi connectivity index (χ3v) is 7.46. The number of aromatic carboxylic acids is 1. The number of aryl methyl sites for hydroxylation is 1. The summed E-state index contributed by atoms with van der Waals surface area (Å²) >= 11 is 0. The van der Waals surface area contributed by atoms with E-state index < -0.39 is 15.0 Å². The maximum Gasteiger partial charge on any atom is 0.339 e. The number of ether oxygens (including phenoxy) is 1. The third kappa shape index (κ3) is 4.99. The maximum absolute atomic E-state index is 11.6. The minimum absolute atomic E-state index is 0.208. The Balaban J connectivity index is 0.000000204. The Bertz CT molecular complexity index is 822. The summed E-state index contributed by atoms with van der Waals surface area (Å²) < 4.78 is 11.4. The van der Waals surface area contributed by atoms with E-state index in [1.807, 2.05) is 40.8 Å². The van der Waals surface area contributed by atoms with E-state index in [0.717, 1.165) is 23.0 Å². The number of carboxylic acid groups (broad SMARTS) is 1. The number of ketones is 1. The van der Waals surface area contributed by atoms with Crippen molar-refractivity contribution in [1.82, 2.24) is 0 Å². The van der Waals surface area contributed by atoms with Gasteiger partial charge in [-0.05, 0) is 81.0 Å². The molecule has 171 valence electrons. The van der Waals surface area contributed by atoms with E-state index in [4.69, 9.17) is 9.16 Å². The minimum atomic E-state index is -1.08. The van der Waals surface area contributed by atoms with Crippen molar-refractivity contribution in [2.45, 2.75) is 78.3 Å². The second kappa shape index (κ2) is 8.97. The quantitative estimate of drug-likeness (QED) is 0.607. The van der Waals surface area contributed by atoms with Crippen molar-refractivity contribution in [2.75, 3.05) is 7.11 Å². The maximum atomic E-state index is 11.6. The highest BCUT2D eigenvalue weighted by molar-refractivity contribution is 6.49. The number of Topliss-reactive ketones (excluding diaryl/α,β-unsaturated/α-hetero) is 1. The number of carbonyl (C=O) groups is 2. The highest BCUT2D eigenvalue weighted by Crippen LogP contribution is 2.51. The number of carbonyl (C=O) groups excluding carboxylic acids is 1. The first-order valence-electron chi connectivity index (χ1n) is 11.4. The van der Waals surface area contributed by atoms with E-state index in [1.165, 1.54) is 32.1 Å². The standard InChI is InChI=1S/C15H23O4Si.C10H14O/c1-9-8-10(14(16)17)13(19-20(6)7)11(12(9)18-5)15(2,3)4;11-10-8-2-6-1-7(4-8)5-9(10)3-6/h8H,1-7H3,(H,16,17);6-9H,1-5H2. The van der Waals surface area contributed by atoms with E-state index in [0.29, 0.717) is 29.1 Å². The topological polar surface area (TPSA) is 72.8 Å². The Morgan fingerprint density at radius 3 is 1.94 bits per heavy atom. The van der Waals surface area contributed by atoms with E-state index in [2.05, 4.69) is 0 Å². The predicted molar refractivity (Wildman–Crippen MR) is 124 cm³/mol. The summed E-state index contributed by atoms with van der Waals surface area (Å²) in [6.07, 6.45) is 6.41. The van der Waals surface area contributed by atoms with Gasteiger partial charge in [-0.1, -0.05) is 20.8 Å². The Kier molecular flexibility index (Phi) is 6.89. The van der Waals surface area contributed by atoms with Crippen LogP contribution in [-0.2, 0) is 10.2 Å². The summed E-state index contributed by atoms with van der Waals surface area (Å²) in [5.41, 5.74) is 1.57. The van der Waals surface area contributed by atoms with Crippen molar-refractivity contribution >= 4 is 20.8 Å². The lowest BCUT2D eigenvalue weighted by Gasteiger charge is -2.48. The van der Waals surface area contributed by atoms with Crippen molar-refractivity contribution in [3.05, 3.63) is 22.8 Å². The van der Waals surface area contributed by atoms with Gasteiger partial charge in [0.25, 0.3) is 9.04 Å². The van der Waals surface area contributed by atoms with Gasteiger partial charge in [0, 0.05) is 17.4 Å². The highest BCUT2D eigenvalue weighted by atomic mass is 28.3. The summed E-state index contributed by atoms with van der Waals surface area (Å²) in [7, 11) is 0.523. The number of hydrogen-bond acceptors (Lipinski definition) is 4. The van der Waals surface area contributed by atoms with Gasteiger partial charge in [-0.25, -0.2) is 4.79 Å². The first-order valence-corrected chi connectivity index (χ1v) is 13.8. The molecular weight excluding hydrogens is 408 g/mol. The SMILES string of the molecule is COc1c(C)cc(C(=O)O)c(O[Si](C)C)c1C(C)(C)C.O=C1C2CC3CC(C2)CC1C3. The average molecular weight is 446 g/mol. The van der Waals surface area contributed by atoms with Gasteiger partial charge in [-0.15, -0.1) is 0 Å². The molecule has 0 aliphatic heterocycles. The lowest BCUT2D eigenvalue weighted by atomic mass is 9.56. The van der Waals surface area contributed by atoms with Crippen LogP contribution in [-0.4, -0.2) is 33.0 Å². The molecule has 1 radical (unpaired) electrons. The van der Waals surface area contributed by atoms with Crippen LogP contribution in [0.3, 0.4) is 0 Å². The summed E-state index contributed by atoms with van der Waals surface area (Å²) in [6, 6.07) is 1.62. The number of rotatable bonds is 4. The molecule has 0 aromatic heterocycles. The molecule has 1 aromatic rings. The van der Waals surface area contributed by atoms with E-state index >= 15 is 0 Å². The van der Waals surface area contributed by atoms with Crippen molar-refractivity contribution in [1.29, 1.82) is 0 Å². The molecule has 6 heteroatoms. The molecule has 4 bridgehead atoms. The summed E-state index contributed by atoms with van der Waals surface area (Å²) in [5, 5.41) is 9.45. The first-order chi connectivity index (χ1) is 14.4. The molecule has 1 N–H and O–H groups in total. The minimum Gasteiger partial charge on any atom is -0.542 e. The van der Waals surface area contributed by atoms with Crippen molar-refractivity contribution < 1.29 is 23.9 Å². The van der Waals surface area contributed by atoms with Crippen LogP contribution in [0, 0.1) is 30.6 Å². The van der Waals surface area contributed by atoms with Crippen LogP contribution in [0.2, 0.25) is 13.1 Å². The normalized spacial score (nSPS) is 26.5. The van der Waals surface area contributed by atoms with Crippen LogP contribution >= 0.6 is 0 Å². The largest absolute Gasteiger partial charge is 0.542 e. The number of hydrogen-bond donors (Lipinski definition) is 1. The monoisotopic (exact) mass is 445 g/mol. The second-order valence-electron chi connectivity index (χ2n) is 10.8. The molecule has 0 atom stereocenters. The van der Waals surface area contributed by atoms with Crippen molar-refractivity contribution in [3.63, 3.8) is 0 Å². The van der Waals surface area contributed by atoms with Crippen molar-refractivity contribution in [2.24, 2.45) is 23.7 Å². The predicted octanol–water partition coefficient (Wildman–Crippen LogP) is 5.64. The molecule has 4 fully saturated rings. The molecule has 0 unspecified atom stereocenters. The van der Waals surface area contributed by atoms with E-state index in [9.17, 15) is 14.7 Å². The Morgan fingerprint density at radius 1 is 1.03 bits per heavy atom. The molecule has 0 spiro atoms. The van der Waals surface area contributed by atoms with Gasteiger partial charge in [0.15, 0.2) is 0 Å². The van der Waals surface area contributed by atoms with Gasteiger partial charge in [-0.3, -0.25) is 4.79 Å². The molecule has 0 amide bonds. The zero-order valence-corrected chi connectivity index (χ0v) is 21.0. The number of carboxylic acids is 1. The number of benzene rings is 1. The van der Waals surface area contributed by atoms with Crippen LogP contribution < -0.4 is 9.16 Å². The summed E-state index contributed by atoms with van der Waals surface area (Å²) in [4.78, 5) is 23.1. The average Bonchev–Trinajstić information content (AvgIpc) is 2.65. The van der Waals surface area contributed by atoms with Crippen LogP contribution in [0.15, 0.2) is 6.07 Å². The van der Waals surface area contributed by atoms with E-state index in [-0.39, 0.29) is 11.0 Å². The van der Waals surface area contributed by atoms with Crippen molar-refractivity contribution in [3.8, 4) is 11.5 Å². The molecule has 4 aliphatic rings. The van der Waals surface area contributed by atoms with Crippen LogP contribution in [0.5, 0.6) is 11.5 Å². The number of methoxy groups -OCH3 is 1. The first kappa shape index (κ1) is 23.8. The van der Waals surface area contributed by atoms with Gasteiger partial charge >= 0.3 is 5.97 Å². The third-order valence-electron chi connectivity index (χ3n) is 6.85. The molecule has 5 rings (SSSR count). The lowest BCUT2D eigenvalue weighted by molar-refractivity contribution is -0.139. The van der Waals surface area contributed by atoms with Gasteiger partial charge < -0.3 is 14.3 Å². The summed E-state index contributed by atoms with van der Waals surface area (Å²) in [5.74, 6) is 3.70. The Hall–Kier alpha value is -1.82. The fraction of sp³-hybridized carbons (Fsp3) is 0.680. The molecule has 4 saturated carbocycles. The Morgan fingerprint density at radius 2 is 1.55 bits per heavy atom. The molecule has 0 heterocycles. The van der Waals surface area contributed by atoms with E-state index in [1.54, 1.807) is 13.2 Å². The molecule has 0 saturated heterocycles. The fourth-order valence-electron chi connectivity index (χ4n) is 5.84.